The van der Waals surface area contributed by atoms with E-state index < -0.39 is 0 Å². The molecule has 0 saturated carbocycles. The summed E-state index contributed by atoms with van der Waals surface area (Å²) < 4.78 is 11.8. The Morgan fingerprint density at radius 2 is 2.04 bits per heavy atom. The number of piperidine rings is 1. The molecule has 4 rings (SSSR count). The molecule has 2 atom stereocenters. The molecular weight excluding hydrogens is 340 g/mol. The third-order valence-electron chi connectivity index (χ3n) is 6.57. The minimum absolute atomic E-state index is 0.0324. The Labute approximate surface area is 162 Å². The molecule has 5 nitrogen and oxygen atoms in total. The highest BCUT2D eigenvalue weighted by molar-refractivity contribution is 5.79. The van der Waals surface area contributed by atoms with Crippen molar-refractivity contribution < 1.29 is 14.3 Å². The van der Waals surface area contributed by atoms with E-state index in [2.05, 4.69) is 41.4 Å². The number of benzene rings is 1. The standard InChI is InChI=1S/C22H32N2O3/c1-17-4-2-3-5-18(17)15-24-11-9-22(10-12-24)8-6-20(27-22)14-23-21(25)19-7-13-26-16-19/h2-5,19-20H,6-16H2,1H3,(H,23,25). The third-order valence-corrected chi connectivity index (χ3v) is 6.57. The van der Waals surface area contributed by atoms with E-state index in [9.17, 15) is 4.79 Å². The van der Waals surface area contributed by atoms with Gasteiger partial charge in [-0.1, -0.05) is 24.3 Å². The molecule has 1 aromatic carbocycles. The number of amides is 1. The van der Waals surface area contributed by atoms with Crippen LogP contribution in [0.3, 0.4) is 0 Å². The second-order valence-corrected chi connectivity index (χ2v) is 8.47. The second-order valence-electron chi connectivity index (χ2n) is 8.47. The molecule has 3 saturated heterocycles. The Kier molecular flexibility index (Phi) is 5.81. The molecule has 0 aliphatic carbocycles. The van der Waals surface area contributed by atoms with Crippen molar-refractivity contribution in [1.82, 2.24) is 10.2 Å². The van der Waals surface area contributed by atoms with Crippen molar-refractivity contribution in [3.05, 3.63) is 35.4 Å². The first kappa shape index (κ1) is 18.9. The number of aryl methyl sites for hydroxylation is 1. The molecule has 1 amide bonds. The average Bonchev–Trinajstić information content (AvgIpc) is 3.35. The summed E-state index contributed by atoms with van der Waals surface area (Å²) >= 11 is 0. The van der Waals surface area contributed by atoms with Crippen LogP contribution in [0.4, 0.5) is 0 Å². The summed E-state index contributed by atoms with van der Waals surface area (Å²) in [6.45, 7) is 7.32. The quantitative estimate of drug-likeness (QED) is 0.863. The van der Waals surface area contributed by atoms with Crippen molar-refractivity contribution in [3.63, 3.8) is 0 Å². The van der Waals surface area contributed by atoms with Crippen LogP contribution in [0.2, 0.25) is 0 Å². The van der Waals surface area contributed by atoms with Gasteiger partial charge in [0.25, 0.3) is 0 Å². The van der Waals surface area contributed by atoms with Crippen LogP contribution in [0.15, 0.2) is 24.3 Å². The lowest BCUT2D eigenvalue weighted by atomic mass is 9.88. The van der Waals surface area contributed by atoms with Gasteiger partial charge in [-0.3, -0.25) is 9.69 Å². The van der Waals surface area contributed by atoms with Gasteiger partial charge in [0.2, 0.25) is 5.91 Å². The predicted octanol–water partition coefficient (Wildman–Crippen LogP) is 2.66. The van der Waals surface area contributed by atoms with Gasteiger partial charge < -0.3 is 14.8 Å². The lowest BCUT2D eigenvalue weighted by Crippen LogP contribution is -2.45. The van der Waals surface area contributed by atoms with Gasteiger partial charge in [0.05, 0.1) is 24.2 Å². The molecular formula is C22H32N2O3. The number of nitrogens with zero attached hydrogens (tertiary/aromatic N) is 1. The lowest BCUT2D eigenvalue weighted by molar-refractivity contribution is -0.126. The molecule has 0 bridgehead atoms. The Bertz CT molecular complexity index is 649. The van der Waals surface area contributed by atoms with Crippen LogP contribution in [0.25, 0.3) is 0 Å². The van der Waals surface area contributed by atoms with E-state index >= 15 is 0 Å². The number of nitrogens with one attached hydrogen (secondary N) is 1. The Morgan fingerprint density at radius 3 is 2.78 bits per heavy atom. The molecule has 27 heavy (non-hydrogen) atoms. The van der Waals surface area contributed by atoms with Crippen LogP contribution in [0.5, 0.6) is 0 Å². The average molecular weight is 373 g/mol. The first-order chi connectivity index (χ1) is 13.1. The van der Waals surface area contributed by atoms with Crippen LogP contribution in [-0.4, -0.2) is 55.4 Å². The molecule has 3 heterocycles. The molecule has 0 aromatic heterocycles. The van der Waals surface area contributed by atoms with E-state index in [1.54, 1.807) is 0 Å². The second kappa shape index (κ2) is 8.29. The molecule has 3 aliphatic rings. The maximum absolute atomic E-state index is 12.2. The monoisotopic (exact) mass is 372 g/mol. The number of likely N-dealkylation sites (tertiary alicyclic amines) is 1. The normalized spacial score (nSPS) is 27.9. The number of hydrogen-bond acceptors (Lipinski definition) is 4. The van der Waals surface area contributed by atoms with E-state index in [0.717, 1.165) is 51.7 Å². The van der Waals surface area contributed by atoms with Gasteiger partial charge in [0, 0.05) is 32.8 Å². The summed E-state index contributed by atoms with van der Waals surface area (Å²) in [5.41, 5.74) is 2.84. The van der Waals surface area contributed by atoms with Crippen molar-refractivity contribution >= 4 is 5.91 Å². The summed E-state index contributed by atoms with van der Waals surface area (Å²) in [6, 6.07) is 8.66. The molecule has 3 fully saturated rings. The van der Waals surface area contributed by atoms with Gasteiger partial charge in [-0.25, -0.2) is 0 Å². The highest BCUT2D eigenvalue weighted by Gasteiger charge is 2.42. The summed E-state index contributed by atoms with van der Waals surface area (Å²) in [7, 11) is 0. The zero-order chi connectivity index (χ0) is 18.7. The van der Waals surface area contributed by atoms with Crippen molar-refractivity contribution in [2.45, 2.75) is 57.3 Å². The molecule has 5 heteroatoms. The molecule has 0 radical (unpaired) electrons. The van der Waals surface area contributed by atoms with Crippen molar-refractivity contribution in [2.24, 2.45) is 5.92 Å². The third kappa shape index (κ3) is 4.53. The topological polar surface area (TPSA) is 50.8 Å². The van der Waals surface area contributed by atoms with E-state index in [4.69, 9.17) is 9.47 Å². The minimum atomic E-state index is 0.0324. The number of ether oxygens (including phenoxy) is 2. The fraction of sp³-hybridized carbons (Fsp3) is 0.682. The maximum Gasteiger partial charge on any atom is 0.225 e. The first-order valence-electron chi connectivity index (χ1n) is 10.4. The van der Waals surface area contributed by atoms with Crippen molar-refractivity contribution in [2.75, 3.05) is 32.8 Å². The minimum Gasteiger partial charge on any atom is -0.381 e. The summed E-state index contributed by atoms with van der Waals surface area (Å²) in [6.07, 6.45) is 5.38. The van der Waals surface area contributed by atoms with E-state index in [0.29, 0.717) is 19.8 Å². The van der Waals surface area contributed by atoms with Crippen LogP contribution < -0.4 is 5.32 Å². The molecule has 148 valence electrons. The van der Waals surface area contributed by atoms with Gasteiger partial charge in [0.15, 0.2) is 0 Å². The zero-order valence-corrected chi connectivity index (χ0v) is 16.4. The highest BCUT2D eigenvalue weighted by Crippen LogP contribution is 2.39. The van der Waals surface area contributed by atoms with E-state index in [1.807, 2.05) is 0 Å². The first-order valence-corrected chi connectivity index (χ1v) is 10.4. The van der Waals surface area contributed by atoms with Gasteiger partial charge in [0.1, 0.15) is 0 Å². The molecule has 2 unspecified atom stereocenters. The SMILES string of the molecule is Cc1ccccc1CN1CCC2(CCC(CNC(=O)C3CCOC3)O2)CC1. The molecule has 3 aliphatic heterocycles. The van der Waals surface area contributed by atoms with Crippen LogP contribution >= 0.6 is 0 Å². The number of hydrogen-bond donors (Lipinski definition) is 1. The Hall–Kier alpha value is -1.43. The maximum atomic E-state index is 12.2. The number of carbonyl (C=O) groups excluding carboxylic acids is 1. The van der Waals surface area contributed by atoms with Crippen LogP contribution in [0.1, 0.15) is 43.2 Å². The van der Waals surface area contributed by atoms with Gasteiger partial charge in [-0.15, -0.1) is 0 Å². The van der Waals surface area contributed by atoms with E-state index in [1.165, 1.54) is 11.1 Å². The van der Waals surface area contributed by atoms with Crippen molar-refractivity contribution in [1.29, 1.82) is 0 Å². The van der Waals surface area contributed by atoms with Crippen molar-refractivity contribution in [3.8, 4) is 0 Å². The largest absolute Gasteiger partial charge is 0.381 e. The van der Waals surface area contributed by atoms with Gasteiger partial charge in [-0.2, -0.15) is 0 Å². The summed E-state index contributed by atoms with van der Waals surface area (Å²) in [4.78, 5) is 14.7. The van der Waals surface area contributed by atoms with Crippen LogP contribution in [-0.2, 0) is 20.8 Å². The van der Waals surface area contributed by atoms with Gasteiger partial charge in [-0.05, 0) is 50.2 Å². The lowest BCUT2D eigenvalue weighted by Gasteiger charge is -2.39. The summed E-state index contributed by atoms with van der Waals surface area (Å²) in [5.74, 6) is 0.162. The fourth-order valence-electron chi connectivity index (χ4n) is 4.65. The number of rotatable bonds is 5. The zero-order valence-electron chi connectivity index (χ0n) is 16.4. The fourth-order valence-corrected chi connectivity index (χ4v) is 4.65. The predicted molar refractivity (Wildman–Crippen MR) is 104 cm³/mol. The summed E-state index contributed by atoms with van der Waals surface area (Å²) in [5, 5.41) is 3.08. The smallest absolute Gasteiger partial charge is 0.225 e. The molecule has 1 N–H and O–H groups in total. The Balaban J connectivity index is 1.22. The number of carbonyl (C=O) groups is 1. The van der Waals surface area contributed by atoms with E-state index in [-0.39, 0.29) is 23.5 Å². The van der Waals surface area contributed by atoms with Gasteiger partial charge >= 0.3 is 0 Å². The molecule has 1 spiro atoms. The highest BCUT2D eigenvalue weighted by atomic mass is 16.5. The Morgan fingerprint density at radius 1 is 1.22 bits per heavy atom. The van der Waals surface area contributed by atoms with Crippen LogP contribution in [0, 0.1) is 12.8 Å². The molecule has 1 aromatic rings.